The summed E-state index contributed by atoms with van der Waals surface area (Å²) in [6.45, 7) is -0.512. The number of benzene rings is 1. The zero-order valence-corrected chi connectivity index (χ0v) is 23.1. The highest BCUT2D eigenvalue weighted by Gasteiger charge is 2.54. The highest BCUT2D eigenvalue weighted by molar-refractivity contribution is 8.00. The molecule has 1 saturated heterocycles. The fourth-order valence-electron chi connectivity index (χ4n) is 4.69. The molecule has 4 rings (SSSR count). The van der Waals surface area contributed by atoms with Gasteiger partial charge in [0.1, 0.15) is 35.6 Å². The Labute approximate surface area is 246 Å². The summed E-state index contributed by atoms with van der Waals surface area (Å²) in [5.74, 6) is -6.94. The summed E-state index contributed by atoms with van der Waals surface area (Å²) >= 11 is 6.41. The molecule has 0 aromatic heterocycles. The molecule has 0 spiro atoms. The number of amides is 6. The first-order chi connectivity index (χ1) is 20.0. The molecule has 17 heteroatoms. The van der Waals surface area contributed by atoms with E-state index in [0.29, 0.717) is 4.90 Å². The number of alkyl halides is 1. The zero-order valence-electron chi connectivity index (χ0n) is 21.5. The van der Waals surface area contributed by atoms with Crippen LogP contribution in [0.5, 0.6) is 0 Å². The molecule has 1 aromatic rings. The fourth-order valence-corrected chi connectivity index (χ4v) is 6.08. The van der Waals surface area contributed by atoms with Gasteiger partial charge in [0.15, 0.2) is 0 Å². The number of carbonyl (C=O) groups is 8. The second-order valence-corrected chi connectivity index (χ2v) is 10.6. The van der Waals surface area contributed by atoms with Crippen LogP contribution >= 0.6 is 23.4 Å². The van der Waals surface area contributed by atoms with Crippen molar-refractivity contribution in [2.75, 3.05) is 18.2 Å². The molecule has 6 amide bonds. The topological polar surface area (TPSA) is 217 Å². The van der Waals surface area contributed by atoms with Crippen molar-refractivity contribution in [3.05, 3.63) is 46.7 Å². The van der Waals surface area contributed by atoms with Gasteiger partial charge >= 0.3 is 18.0 Å². The average molecular weight is 623 g/mol. The van der Waals surface area contributed by atoms with Crippen LogP contribution in [0.15, 0.2) is 35.5 Å². The number of hydrogen-bond donors (Lipinski definition) is 4. The molecule has 222 valence electrons. The van der Waals surface area contributed by atoms with Gasteiger partial charge in [0, 0.05) is 17.7 Å². The lowest BCUT2D eigenvalue weighted by atomic mass is 10.0. The molecule has 4 N–H and O–H groups in total. The monoisotopic (exact) mass is 622 g/mol. The van der Waals surface area contributed by atoms with E-state index in [2.05, 4.69) is 5.32 Å². The number of nitrogens with one attached hydrogen (secondary N) is 2. The molecule has 3 aliphatic heterocycles. The molecule has 0 radical (unpaired) electrons. The minimum atomic E-state index is -1.50. The van der Waals surface area contributed by atoms with Crippen LogP contribution in [0.2, 0.25) is 0 Å². The second-order valence-electron chi connectivity index (χ2n) is 9.24. The molecule has 42 heavy (non-hydrogen) atoms. The Hall–Kier alpha value is -4.44. The maximum Gasteiger partial charge on any atom is 0.414 e. The predicted octanol–water partition coefficient (Wildman–Crippen LogP) is 0.136. The van der Waals surface area contributed by atoms with Gasteiger partial charge in [0.25, 0.3) is 17.7 Å². The summed E-state index contributed by atoms with van der Waals surface area (Å²) in [5.41, 5.74) is -0.114. The van der Waals surface area contributed by atoms with E-state index in [1.807, 2.05) is 5.32 Å². The summed E-state index contributed by atoms with van der Waals surface area (Å²) in [6, 6.07) is 3.39. The Balaban J connectivity index is 1.32. The van der Waals surface area contributed by atoms with Crippen LogP contribution in [-0.4, -0.2) is 103 Å². The lowest BCUT2D eigenvalue weighted by molar-refractivity contribution is -0.150. The highest BCUT2D eigenvalue weighted by Crippen LogP contribution is 2.40. The molecule has 1 aromatic carbocycles. The Morgan fingerprint density at radius 1 is 1.05 bits per heavy atom. The number of carboxylic acid groups (broad SMARTS) is 2. The number of alkyl carbamates (subject to hydrolysis) is 1. The van der Waals surface area contributed by atoms with E-state index in [9.17, 15) is 48.6 Å². The molecule has 3 aliphatic rings. The lowest BCUT2D eigenvalue weighted by Gasteiger charge is -2.49. The number of aliphatic carboxylic acids is 2. The summed E-state index contributed by atoms with van der Waals surface area (Å²) < 4.78 is 4.86. The first kappa shape index (κ1) is 30.5. The van der Waals surface area contributed by atoms with E-state index in [0.717, 1.165) is 16.7 Å². The quantitative estimate of drug-likeness (QED) is 0.147. The molecule has 0 saturated carbocycles. The van der Waals surface area contributed by atoms with Crippen LogP contribution < -0.4 is 10.6 Å². The largest absolute Gasteiger partial charge is 0.480 e. The number of carboxylic acids is 2. The minimum absolute atomic E-state index is 0.0330. The summed E-state index contributed by atoms with van der Waals surface area (Å²) in [6.07, 6.45) is -1.62. The lowest BCUT2D eigenvalue weighted by Crippen LogP contribution is -2.70. The third-order valence-electron chi connectivity index (χ3n) is 6.61. The normalized spacial score (nSPS) is 19.9. The molecule has 2 unspecified atom stereocenters. The smallest absolute Gasteiger partial charge is 0.414 e. The van der Waals surface area contributed by atoms with Crippen molar-refractivity contribution >= 4 is 70.9 Å². The van der Waals surface area contributed by atoms with Crippen molar-refractivity contribution in [1.29, 1.82) is 0 Å². The van der Waals surface area contributed by atoms with Crippen LogP contribution in [0.4, 0.5) is 4.79 Å². The number of nitrogens with zero attached hydrogens (tertiary/aromatic N) is 2. The van der Waals surface area contributed by atoms with Crippen molar-refractivity contribution in [3.63, 3.8) is 0 Å². The van der Waals surface area contributed by atoms with Gasteiger partial charge < -0.3 is 20.3 Å². The van der Waals surface area contributed by atoms with Crippen LogP contribution in [0.1, 0.15) is 40.0 Å². The van der Waals surface area contributed by atoms with Gasteiger partial charge in [-0.25, -0.2) is 14.4 Å². The number of rotatable bonds is 11. The molecule has 1 fully saturated rings. The maximum absolute atomic E-state index is 12.8. The van der Waals surface area contributed by atoms with Crippen molar-refractivity contribution in [2.24, 2.45) is 0 Å². The Bertz CT molecular complexity index is 1400. The van der Waals surface area contributed by atoms with E-state index in [-0.39, 0.29) is 41.7 Å². The van der Waals surface area contributed by atoms with Crippen molar-refractivity contribution in [1.82, 2.24) is 20.4 Å². The Morgan fingerprint density at radius 3 is 2.26 bits per heavy atom. The molecule has 0 bridgehead atoms. The highest BCUT2D eigenvalue weighted by atomic mass is 35.5. The molecule has 15 nitrogen and oxygen atoms in total. The van der Waals surface area contributed by atoms with Crippen LogP contribution in [0, 0.1) is 0 Å². The van der Waals surface area contributed by atoms with E-state index in [1.54, 1.807) is 12.1 Å². The van der Waals surface area contributed by atoms with Crippen LogP contribution in [-0.2, 0) is 28.7 Å². The van der Waals surface area contributed by atoms with Gasteiger partial charge in [-0.1, -0.05) is 12.1 Å². The number of halogens is 1. The van der Waals surface area contributed by atoms with Crippen LogP contribution in [0.25, 0.3) is 0 Å². The van der Waals surface area contributed by atoms with E-state index in [1.165, 1.54) is 12.1 Å². The summed E-state index contributed by atoms with van der Waals surface area (Å²) in [5, 5.41) is 23.0. The van der Waals surface area contributed by atoms with Crippen molar-refractivity contribution < 1.29 is 53.3 Å². The standard InChI is InChI=1S/C25H23ClN4O11S/c26-8-16(32)28-25(40)41-9-11-10-42-22-17(21(35)30(22)18(11)24(38)39)27-15(31)7-3-6-14(23(36)37)29-19(33)12-4-1-2-5-13(12)20(29)34/h1-2,4-5,14,17,22H,3,6-10H2,(H,27,31)(H,36,37)(H,38,39)(H,28,32,40)/t14?,17?,22-/m0/s1. The molecular weight excluding hydrogens is 600 g/mol. The number of carbonyl (C=O) groups excluding carboxylic acids is 6. The summed E-state index contributed by atoms with van der Waals surface area (Å²) in [7, 11) is 0. The van der Waals surface area contributed by atoms with Gasteiger partial charge in [0.05, 0.1) is 11.1 Å². The number of thioether (sulfide) groups is 1. The first-order valence-corrected chi connectivity index (χ1v) is 14.0. The second kappa shape index (κ2) is 12.6. The van der Waals surface area contributed by atoms with Gasteiger partial charge in [-0.05, 0) is 25.0 Å². The first-order valence-electron chi connectivity index (χ1n) is 12.4. The number of ether oxygens (including phenoxy) is 1. The molecular formula is C25H23ClN4O11S. The third-order valence-corrected chi connectivity index (χ3v) is 8.19. The molecule has 3 heterocycles. The zero-order chi connectivity index (χ0) is 30.7. The Morgan fingerprint density at radius 2 is 1.69 bits per heavy atom. The SMILES string of the molecule is O=C(CCl)NC(=O)OCC1=C(C(=O)O)N2C(=O)C(NC(=O)CCCC(C(=O)O)N3C(=O)c4ccccc4C3=O)[C@@H]2SC1. The van der Waals surface area contributed by atoms with Gasteiger partial charge in [-0.3, -0.25) is 39.1 Å². The van der Waals surface area contributed by atoms with Crippen molar-refractivity contribution in [3.8, 4) is 0 Å². The van der Waals surface area contributed by atoms with Gasteiger partial charge in [0.2, 0.25) is 11.8 Å². The summed E-state index contributed by atoms with van der Waals surface area (Å²) in [4.78, 5) is 99.0. The van der Waals surface area contributed by atoms with Crippen LogP contribution in [0.3, 0.4) is 0 Å². The third kappa shape index (κ3) is 5.94. The minimum Gasteiger partial charge on any atom is -0.480 e. The molecule has 0 aliphatic carbocycles. The number of hydrogen-bond acceptors (Lipinski definition) is 10. The van der Waals surface area contributed by atoms with E-state index < -0.39 is 83.2 Å². The predicted molar refractivity (Wildman–Crippen MR) is 142 cm³/mol. The van der Waals surface area contributed by atoms with E-state index in [4.69, 9.17) is 16.3 Å². The number of fused-ring (bicyclic) bond motifs is 2. The molecule has 3 atom stereocenters. The fraction of sp³-hybridized carbons (Fsp3) is 0.360. The van der Waals surface area contributed by atoms with E-state index >= 15 is 0 Å². The van der Waals surface area contributed by atoms with Gasteiger partial charge in [-0.2, -0.15) is 0 Å². The van der Waals surface area contributed by atoms with Crippen molar-refractivity contribution in [2.45, 2.75) is 36.7 Å². The Kier molecular flexibility index (Phi) is 9.16. The number of imide groups is 2. The van der Waals surface area contributed by atoms with Gasteiger partial charge in [-0.15, -0.1) is 23.4 Å². The maximum atomic E-state index is 12.8. The number of β-lactam (4-membered cyclic amide) rings is 1. The average Bonchev–Trinajstić information content (AvgIpc) is 3.21.